The number of aromatic carboxylic acids is 1. The SMILES string of the molecule is CCCCC(C(=O)O)N1C(=O)C=CC1=O.Nc1ccc(C(=O)O)cc1. The molecule has 0 saturated heterocycles. The van der Waals surface area contributed by atoms with Crippen molar-refractivity contribution < 1.29 is 29.4 Å². The third-order valence-electron chi connectivity index (χ3n) is 3.43. The first-order chi connectivity index (χ1) is 11.8. The molecule has 1 aliphatic rings. The summed E-state index contributed by atoms with van der Waals surface area (Å²) in [6.45, 7) is 1.92. The first-order valence-electron chi connectivity index (χ1n) is 7.64. The fourth-order valence-electron chi connectivity index (χ4n) is 2.11. The number of benzene rings is 1. The monoisotopic (exact) mass is 348 g/mol. The number of carboxylic acids is 2. The third kappa shape index (κ3) is 5.76. The van der Waals surface area contributed by atoms with Gasteiger partial charge in [-0.1, -0.05) is 19.8 Å². The number of anilines is 1. The Hall–Kier alpha value is -3.16. The fraction of sp³-hybridized carbons (Fsp3) is 0.294. The maximum absolute atomic E-state index is 11.2. The lowest BCUT2D eigenvalue weighted by Gasteiger charge is -2.21. The molecule has 1 aromatic carbocycles. The summed E-state index contributed by atoms with van der Waals surface area (Å²) in [5.74, 6) is -3.14. The molecule has 1 unspecified atom stereocenters. The van der Waals surface area contributed by atoms with E-state index < -0.39 is 29.8 Å². The van der Waals surface area contributed by atoms with Gasteiger partial charge in [-0.25, -0.2) is 9.59 Å². The number of rotatable bonds is 6. The first-order valence-corrected chi connectivity index (χ1v) is 7.64. The Balaban J connectivity index is 0.000000271. The Labute approximate surface area is 144 Å². The smallest absolute Gasteiger partial charge is 0.335 e. The van der Waals surface area contributed by atoms with E-state index >= 15 is 0 Å². The van der Waals surface area contributed by atoms with Crippen LogP contribution in [0.25, 0.3) is 0 Å². The minimum absolute atomic E-state index is 0.259. The lowest BCUT2D eigenvalue weighted by molar-refractivity contribution is -0.153. The highest BCUT2D eigenvalue weighted by atomic mass is 16.4. The lowest BCUT2D eigenvalue weighted by Crippen LogP contribution is -2.44. The van der Waals surface area contributed by atoms with Gasteiger partial charge in [0.15, 0.2) is 0 Å². The van der Waals surface area contributed by atoms with Gasteiger partial charge in [-0.05, 0) is 30.7 Å². The molecule has 8 nitrogen and oxygen atoms in total. The van der Waals surface area contributed by atoms with Crippen molar-refractivity contribution in [2.75, 3.05) is 5.73 Å². The molecule has 25 heavy (non-hydrogen) atoms. The van der Waals surface area contributed by atoms with Gasteiger partial charge in [-0.2, -0.15) is 0 Å². The van der Waals surface area contributed by atoms with Crippen LogP contribution in [0, 0.1) is 0 Å². The quantitative estimate of drug-likeness (QED) is 0.523. The van der Waals surface area contributed by atoms with Crippen molar-refractivity contribution in [3.63, 3.8) is 0 Å². The average molecular weight is 348 g/mol. The molecule has 4 N–H and O–H groups in total. The van der Waals surface area contributed by atoms with Crippen LogP contribution < -0.4 is 5.73 Å². The van der Waals surface area contributed by atoms with Gasteiger partial charge < -0.3 is 15.9 Å². The molecule has 0 saturated carbocycles. The summed E-state index contributed by atoms with van der Waals surface area (Å²) in [6, 6.07) is 5.03. The molecule has 0 bridgehead atoms. The van der Waals surface area contributed by atoms with Crippen molar-refractivity contribution in [3.05, 3.63) is 42.0 Å². The van der Waals surface area contributed by atoms with Gasteiger partial charge in [0.25, 0.3) is 11.8 Å². The van der Waals surface area contributed by atoms with Gasteiger partial charge in [-0.3, -0.25) is 14.5 Å². The van der Waals surface area contributed by atoms with E-state index in [0.29, 0.717) is 18.5 Å². The van der Waals surface area contributed by atoms with Crippen LogP contribution in [0.4, 0.5) is 5.69 Å². The number of hydrogen-bond donors (Lipinski definition) is 3. The Morgan fingerprint density at radius 3 is 2.00 bits per heavy atom. The number of imide groups is 1. The molecule has 1 aliphatic heterocycles. The van der Waals surface area contributed by atoms with Crippen LogP contribution in [-0.4, -0.2) is 44.9 Å². The molecule has 0 aromatic heterocycles. The minimum atomic E-state index is -1.13. The van der Waals surface area contributed by atoms with Crippen molar-refractivity contribution in [2.24, 2.45) is 0 Å². The summed E-state index contributed by atoms with van der Waals surface area (Å²) >= 11 is 0. The van der Waals surface area contributed by atoms with Crippen molar-refractivity contribution in [2.45, 2.75) is 32.2 Å². The second-order valence-corrected chi connectivity index (χ2v) is 5.30. The highest BCUT2D eigenvalue weighted by Crippen LogP contribution is 2.14. The predicted octanol–water partition coefficient (Wildman–Crippen LogP) is 1.52. The maximum Gasteiger partial charge on any atom is 0.335 e. The molecule has 8 heteroatoms. The average Bonchev–Trinajstić information content (AvgIpc) is 2.88. The second-order valence-electron chi connectivity index (χ2n) is 5.30. The zero-order valence-electron chi connectivity index (χ0n) is 13.7. The van der Waals surface area contributed by atoms with Crippen molar-refractivity contribution >= 4 is 29.4 Å². The Morgan fingerprint density at radius 1 is 1.08 bits per heavy atom. The summed E-state index contributed by atoms with van der Waals surface area (Å²) in [7, 11) is 0. The molecule has 2 amide bonds. The molecule has 1 aromatic rings. The van der Waals surface area contributed by atoms with Crippen LogP contribution in [0.2, 0.25) is 0 Å². The zero-order valence-corrected chi connectivity index (χ0v) is 13.7. The summed E-state index contributed by atoms with van der Waals surface area (Å²) in [5.41, 5.74) is 6.17. The number of nitrogens with two attached hydrogens (primary N) is 1. The standard InChI is InChI=1S/C10H13NO4.C7H7NO2/c1-2-3-4-7(10(14)15)11-8(12)5-6-9(11)13;8-6-3-1-5(2-4-6)7(9)10/h5-7H,2-4H2,1H3,(H,14,15);1-4H,8H2,(H,9,10). The van der Waals surface area contributed by atoms with Gasteiger partial charge in [-0.15, -0.1) is 0 Å². The predicted molar refractivity (Wildman–Crippen MR) is 89.8 cm³/mol. The van der Waals surface area contributed by atoms with Crippen LogP contribution in [0.15, 0.2) is 36.4 Å². The Kier molecular flexibility index (Phi) is 7.33. The number of carboxylic acid groups (broad SMARTS) is 2. The van der Waals surface area contributed by atoms with Crippen LogP contribution in [0.5, 0.6) is 0 Å². The van der Waals surface area contributed by atoms with E-state index in [1.54, 1.807) is 12.1 Å². The highest BCUT2D eigenvalue weighted by molar-refractivity contribution is 6.14. The fourth-order valence-corrected chi connectivity index (χ4v) is 2.11. The summed E-state index contributed by atoms with van der Waals surface area (Å²) in [6.07, 6.45) is 4.01. The Morgan fingerprint density at radius 2 is 1.60 bits per heavy atom. The molecule has 0 aliphatic carbocycles. The number of carbonyl (C=O) groups is 4. The van der Waals surface area contributed by atoms with Crippen molar-refractivity contribution in [1.82, 2.24) is 4.90 Å². The zero-order chi connectivity index (χ0) is 19.0. The van der Waals surface area contributed by atoms with E-state index in [1.807, 2.05) is 6.92 Å². The largest absolute Gasteiger partial charge is 0.480 e. The molecule has 1 atom stereocenters. The van der Waals surface area contributed by atoms with E-state index in [-0.39, 0.29) is 5.56 Å². The normalized spacial score (nSPS) is 14.0. The minimum Gasteiger partial charge on any atom is -0.480 e. The lowest BCUT2D eigenvalue weighted by atomic mass is 10.1. The van der Waals surface area contributed by atoms with Crippen molar-refractivity contribution in [3.8, 4) is 0 Å². The molecular formula is C17H20N2O6. The van der Waals surface area contributed by atoms with Gasteiger partial charge >= 0.3 is 11.9 Å². The molecule has 2 rings (SSSR count). The van der Waals surface area contributed by atoms with Gasteiger partial charge in [0.2, 0.25) is 0 Å². The summed E-state index contributed by atoms with van der Waals surface area (Å²) in [5, 5.41) is 17.4. The van der Waals surface area contributed by atoms with E-state index in [1.165, 1.54) is 12.1 Å². The van der Waals surface area contributed by atoms with Crippen LogP contribution in [-0.2, 0) is 14.4 Å². The number of carbonyl (C=O) groups excluding carboxylic acids is 2. The number of nitrogens with zero attached hydrogens (tertiary/aromatic N) is 1. The van der Waals surface area contributed by atoms with E-state index in [4.69, 9.17) is 15.9 Å². The third-order valence-corrected chi connectivity index (χ3v) is 3.43. The van der Waals surface area contributed by atoms with Crippen LogP contribution in [0.3, 0.4) is 0 Å². The molecule has 1 heterocycles. The van der Waals surface area contributed by atoms with Gasteiger partial charge in [0.1, 0.15) is 6.04 Å². The second kappa shape index (κ2) is 9.21. The number of hydrogen-bond acceptors (Lipinski definition) is 5. The molecule has 134 valence electrons. The number of nitrogen functional groups attached to an aromatic ring is 1. The molecule has 0 radical (unpaired) electrons. The van der Waals surface area contributed by atoms with Crippen LogP contribution in [0.1, 0.15) is 36.5 Å². The van der Waals surface area contributed by atoms with E-state index in [0.717, 1.165) is 23.5 Å². The topological polar surface area (TPSA) is 138 Å². The van der Waals surface area contributed by atoms with Crippen LogP contribution >= 0.6 is 0 Å². The van der Waals surface area contributed by atoms with Crippen molar-refractivity contribution in [1.29, 1.82) is 0 Å². The van der Waals surface area contributed by atoms with E-state index in [2.05, 4.69) is 0 Å². The molecule has 0 spiro atoms. The maximum atomic E-state index is 11.2. The van der Waals surface area contributed by atoms with Gasteiger partial charge in [0, 0.05) is 17.8 Å². The Bertz CT molecular complexity index is 663. The highest BCUT2D eigenvalue weighted by Gasteiger charge is 2.35. The van der Waals surface area contributed by atoms with Gasteiger partial charge in [0.05, 0.1) is 5.56 Å². The number of aliphatic carboxylic acids is 1. The summed E-state index contributed by atoms with van der Waals surface area (Å²) < 4.78 is 0. The molecule has 0 fully saturated rings. The number of amides is 2. The van der Waals surface area contributed by atoms with E-state index in [9.17, 15) is 19.2 Å². The molecular weight excluding hydrogens is 328 g/mol. The number of unbranched alkanes of at least 4 members (excludes halogenated alkanes) is 1. The summed E-state index contributed by atoms with van der Waals surface area (Å²) in [4.78, 5) is 44.5. The first kappa shape index (κ1) is 19.9.